The number of hydrogen-bond donors (Lipinski definition) is 4. The minimum absolute atomic E-state index is 0.00243. The summed E-state index contributed by atoms with van der Waals surface area (Å²) in [5, 5.41) is 8.86. The molecule has 4 atom stereocenters. The highest BCUT2D eigenvalue weighted by atomic mass is 16.2. The van der Waals surface area contributed by atoms with Gasteiger partial charge in [0.1, 0.15) is 29.6 Å². The number of likely N-dealkylation sites (tertiary alicyclic amines) is 2. The highest BCUT2D eigenvalue weighted by Crippen LogP contribution is 2.33. The van der Waals surface area contributed by atoms with Gasteiger partial charge in [-0.3, -0.25) is 24.0 Å². The van der Waals surface area contributed by atoms with Crippen molar-refractivity contribution in [2.45, 2.75) is 103 Å². The first-order chi connectivity index (χ1) is 24.0. The lowest BCUT2D eigenvalue weighted by atomic mass is 10.0. The Balaban J connectivity index is 1.04. The van der Waals surface area contributed by atoms with Gasteiger partial charge in [0.25, 0.3) is 0 Å². The van der Waals surface area contributed by atoms with Crippen LogP contribution in [0, 0.1) is 35.5 Å². The van der Waals surface area contributed by atoms with Crippen molar-refractivity contribution >= 4 is 35.2 Å². The summed E-state index contributed by atoms with van der Waals surface area (Å²) in [6.45, 7) is 8.82. The van der Waals surface area contributed by atoms with Gasteiger partial charge in [0.05, 0.1) is 12.2 Å². The maximum atomic E-state index is 13.6. The molecule has 1 aromatic carbocycles. The number of carbonyl (C=O) groups excluding carboxylic acids is 5. The molecule has 2 aliphatic heterocycles. The number of imidazole rings is 1. The predicted octanol–water partition coefficient (Wildman–Crippen LogP) is 3.50. The van der Waals surface area contributed by atoms with E-state index in [1.807, 2.05) is 44.7 Å². The quantitative estimate of drug-likeness (QED) is 0.266. The highest BCUT2D eigenvalue weighted by molar-refractivity contribution is 5.99. The van der Waals surface area contributed by atoms with E-state index in [4.69, 9.17) is 0 Å². The van der Waals surface area contributed by atoms with E-state index in [2.05, 4.69) is 37.8 Å². The van der Waals surface area contributed by atoms with Crippen LogP contribution in [0.3, 0.4) is 0 Å². The summed E-state index contributed by atoms with van der Waals surface area (Å²) in [6.07, 6.45) is 8.09. The topological polar surface area (TPSA) is 157 Å². The molecule has 1 aromatic heterocycles. The minimum atomic E-state index is -0.650. The molecule has 2 aromatic rings. The zero-order chi connectivity index (χ0) is 35.5. The number of rotatable bonds is 11. The van der Waals surface area contributed by atoms with E-state index >= 15 is 0 Å². The second-order valence-electron chi connectivity index (χ2n) is 14.9. The number of amides is 5. The molecule has 2 saturated heterocycles. The van der Waals surface area contributed by atoms with Crippen molar-refractivity contribution < 1.29 is 24.0 Å². The Bertz CT molecular complexity index is 1660. The average molecular weight is 684 g/mol. The Hall–Kier alpha value is -4.66. The first-order valence-corrected chi connectivity index (χ1v) is 18.2. The van der Waals surface area contributed by atoms with Crippen LogP contribution < -0.4 is 16.0 Å². The molecule has 12 heteroatoms. The van der Waals surface area contributed by atoms with Gasteiger partial charge in [-0.1, -0.05) is 33.6 Å². The number of anilines is 1. The molecule has 12 nitrogen and oxygen atoms in total. The van der Waals surface area contributed by atoms with E-state index < -0.39 is 18.1 Å². The summed E-state index contributed by atoms with van der Waals surface area (Å²) in [6, 6.07) is 5.18. The van der Waals surface area contributed by atoms with Gasteiger partial charge in [-0.05, 0) is 93.4 Å². The zero-order valence-corrected chi connectivity index (χ0v) is 29.5. The largest absolute Gasteiger partial charge is 0.344 e. The fourth-order valence-electron chi connectivity index (χ4n) is 6.81. The van der Waals surface area contributed by atoms with Crippen LogP contribution in [-0.2, 0) is 24.0 Å². The van der Waals surface area contributed by atoms with Crippen LogP contribution in [0.4, 0.5) is 5.69 Å². The van der Waals surface area contributed by atoms with E-state index in [-0.39, 0.29) is 59.2 Å². The Morgan fingerprint density at radius 3 is 1.88 bits per heavy atom. The molecule has 6 rings (SSSR count). The maximum absolute atomic E-state index is 13.6. The molecule has 4 aliphatic rings. The second-order valence-corrected chi connectivity index (χ2v) is 14.9. The fourth-order valence-corrected chi connectivity index (χ4v) is 6.81. The van der Waals surface area contributed by atoms with Crippen molar-refractivity contribution in [2.75, 3.05) is 18.4 Å². The number of aromatic nitrogens is 2. The van der Waals surface area contributed by atoms with Crippen molar-refractivity contribution in [1.82, 2.24) is 30.4 Å². The molecule has 0 spiro atoms. The number of benzene rings is 1. The normalized spacial score (nSPS) is 21.4. The standard InChI is InChI=1S/C38H49N7O5/c1-22(2)31(42-34(46)25-12-13-25)37(49)44-19-5-7-29(44)33-39-21-28(40-33)18-11-24-9-16-27(17-10-24)41-36(48)30-8-6-20-45(30)38(50)32(23(3)4)43-35(47)26-14-15-26/h9-10,16-17,21-23,25-26,29-32H,5-8,12-15,19-20H2,1-4H3,(H,39,40)(H,41,48)(H,42,46)(H,43,47). The summed E-state index contributed by atoms with van der Waals surface area (Å²) in [4.78, 5) is 76.5. The van der Waals surface area contributed by atoms with Gasteiger partial charge >= 0.3 is 0 Å². The zero-order valence-electron chi connectivity index (χ0n) is 29.5. The number of nitrogens with one attached hydrogen (secondary N) is 4. The molecule has 5 amide bonds. The van der Waals surface area contributed by atoms with Crippen molar-refractivity contribution in [2.24, 2.45) is 23.7 Å². The number of nitrogens with zero attached hydrogens (tertiary/aromatic N) is 3. The maximum Gasteiger partial charge on any atom is 0.247 e. The van der Waals surface area contributed by atoms with Gasteiger partial charge in [0, 0.05) is 36.2 Å². The molecule has 2 aliphatic carbocycles. The molecule has 2 saturated carbocycles. The SMILES string of the molecule is CC(C)C(NC(=O)C1CC1)C(=O)N1CCCC1C(=O)Nc1ccc(C#Cc2cnc(C3CCCN3C(=O)C(NC(=O)C3CC3)C(C)C)[nH]2)cc1. The second kappa shape index (κ2) is 15.1. The fraction of sp³-hybridized carbons (Fsp3) is 0.579. The summed E-state index contributed by atoms with van der Waals surface area (Å²) < 4.78 is 0. The van der Waals surface area contributed by atoms with E-state index in [9.17, 15) is 24.0 Å². The molecule has 0 bridgehead atoms. The molecular formula is C38H49N7O5. The minimum Gasteiger partial charge on any atom is -0.344 e. The summed E-state index contributed by atoms with van der Waals surface area (Å²) >= 11 is 0. The van der Waals surface area contributed by atoms with E-state index in [0.29, 0.717) is 36.7 Å². The van der Waals surface area contributed by atoms with Gasteiger partial charge in [-0.2, -0.15) is 0 Å². The van der Waals surface area contributed by atoms with Gasteiger partial charge in [-0.15, -0.1) is 0 Å². The highest BCUT2D eigenvalue weighted by Gasteiger charge is 2.41. The van der Waals surface area contributed by atoms with Crippen LogP contribution in [0.1, 0.15) is 102 Å². The third-order valence-electron chi connectivity index (χ3n) is 10.1. The van der Waals surface area contributed by atoms with Crippen LogP contribution in [-0.4, -0.2) is 80.5 Å². The van der Waals surface area contributed by atoms with E-state index in [1.54, 1.807) is 23.2 Å². The van der Waals surface area contributed by atoms with Gasteiger partial charge in [0.15, 0.2) is 0 Å². The number of carbonyl (C=O) groups is 5. The van der Waals surface area contributed by atoms with Crippen LogP contribution >= 0.6 is 0 Å². The van der Waals surface area contributed by atoms with Gasteiger partial charge < -0.3 is 30.7 Å². The van der Waals surface area contributed by atoms with Crippen molar-refractivity contribution in [1.29, 1.82) is 0 Å². The molecule has 4 N–H and O–H groups in total. The summed E-state index contributed by atoms with van der Waals surface area (Å²) in [7, 11) is 0. The van der Waals surface area contributed by atoms with Crippen molar-refractivity contribution in [3.63, 3.8) is 0 Å². The van der Waals surface area contributed by atoms with Crippen molar-refractivity contribution in [3.8, 4) is 11.8 Å². The molecule has 4 unspecified atom stereocenters. The van der Waals surface area contributed by atoms with E-state index in [1.165, 1.54) is 0 Å². The Kier molecular flexibility index (Phi) is 10.6. The Morgan fingerprint density at radius 1 is 0.740 bits per heavy atom. The molecule has 50 heavy (non-hydrogen) atoms. The molecular weight excluding hydrogens is 634 g/mol. The third kappa shape index (κ3) is 8.20. The van der Waals surface area contributed by atoms with Gasteiger partial charge in [0.2, 0.25) is 29.5 Å². The third-order valence-corrected chi connectivity index (χ3v) is 10.1. The summed E-state index contributed by atoms with van der Waals surface area (Å²) in [5.74, 6) is 6.21. The van der Waals surface area contributed by atoms with E-state index in [0.717, 1.165) is 50.5 Å². The van der Waals surface area contributed by atoms with Crippen molar-refractivity contribution in [3.05, 3.63) is 47.5 Å². The number of H-pyrrole nitrogens is 1. The van der Waals surface area contributed by atoms with Crippen LogP contribution in [0.25, 0.3) is 0 Å². The van der Waals surface area contributed by atoms with Crippen LogP contribution in [0.5, 0.6) is 0 Å². The first-order valence-electron chi connectivity index (χ1n) is 18.2. The van der Waals surface area contributed by atoms with Gasteiger partial charge in [-0.25, -0.2) is 4.98 Å². The van der Waals surface area contributed by atoms with Crippen LogP contribution in [0.2, 0.25) is 0 Å². The lowest BCUT2D eigenvalue weighted by Crippen LogP contribution is -2.54. The lowest BCUT2D eigenvalue weighted by molar-refractivity contribution is -0.141. The number of hydrogen-bond acceptors (Lipinski definition) is 6. The Labute approximate surface area is 293 Å². The van der Waals surface area contributed by atoms with Crippen LogP contribution in [0.15, 0.2) is 30.5 Å². The predicted molar refractivity (Wildman–Crippen MR) is 187 cm³/mol. The lowest BCUT2D eigenvalue weighted by Gasteiger charge is -2.30. The molecule has 3 heterocycles. The molecule has 4 fully saturated rings. The monoisotopic (exact) mass is 683 g/mol. The molecule has 266 valence electrons. The smallest absolute Gasteiger partial charge is 0.247 e. The average Bonchev–Trinajstić information content (AvgIpc) is 3.97. The summed E-state index contributed by atoms with van der Waals surface area (Å²) in [5.41, 5.74) is 1.97. The molecule has 0 radical (unpaired) electrons. The number of aromatic amines is 1. The Morgan fingerprint density at radius 2 is 1.30 bits per heavy atom. The first kappa shape index (κ1) is 35.2.